The van der Waals surface area contributed by atoms with Crippen LogP contribution in [0.1, 0.15) is 48.0 Å². The molecule has 2 aromatic rings. The largest absolute Gasteiger partial charge is 0.480 e. The molecular formula is C17H19N3O4. The Bertz CT molecular complexity index is 866. The number of hydrogen-bond acceptors (Lipinski definition) is 4. The minimum absolute atomic E-state index is 0.150. The number of hydrogen-bond donors (Lipinski definition) is 2. The lowest BCUT2D eigenvalue weighted by Gasteiger charge is -2.33. The molecule has 126 valence electrons. The summed E-state index contributed by atoms with van der Waals surface area (Å²) < 4.78 is 1.29. The van der Waals surface area contributed by atoms with Gasteiger partial charge in [-0.1, -0.05) is 19.3 Å². The highest BCUT2D eigenvalue weighted by Crippen LogP contribution is 2.28. The van der Waals surface area contributed by atoms with Crippen molar-refractivity contribution in [1.29, 1.82) is 0 Å². The normalized spacial score (nSPS) is 16.7. The van der Waals surface area contributed by atoms with E-state index in [4.69, 9.17) is 0 Å². The maximum absolute atomic E-state index is 12.5. The van der Waals surface area contributed by atoms with Crippen LogP contribution in [0.5, 0.6) is 0 Å². The Morgan fingerprint density at radius 3 is 2.67 bits per heavy atom. The fraction of sp³-hybridized carbons (Fsp3) is 0.412. The van der Waals surface area contributed by atoms with Gasteiger partial charge in [0.1, 0.15) is 16.7 Å². The van der Waals surface area contributed by atoms with Crippen LogP contribution >= 0.6 is 0 Å². The van der Waals surface area contributed by atoms with Crippen LogP contribution in [0.3, 0.4) is 0 Å². The summed E-state index contributed by atoms with van der Waals surface area (Å²) in [6.45, 7) is 1.88. The molecule has 2 heterocycles. The van der Waals surface area contributed by atoms with Gasteiger partial charge >= 0.3 is 5.97 Å². The smallest absolute Gasteiger partial charge is 0.329 e. The molecule has 0 atom stereocenters. The Morgan fingerprint density at radius 1 is 1.29 bits per heavy atom. The van der Waals surface area contributed by atoms with Crippen molar-refractivity contribution >= 4 is 17.5 Å². The summed E-state index contributed by atoms with van der Waals surface area (Å²) in [5, 5.41) is 12.1. The predicted octanol–water partition coefficient (Wildman–Crippen LogP) is 1.52. The van der Waals surface area contributed by atoms with Gasteiger partial charge in [-0.3, -0.25) is 14.0 Å². The van der Waals surface area contributed by atoms with Gasteiger partial charge in [0, 0.05) is 12.4 Å². The standard InChI is InChI=1S/C17H19N3O4/c1-11-5-8-20-13(9-11)18-10-12(15(20)22)14(21)19-17(16(23)24)6-3-2-4-7-17/h5,8-10H,2-4,6-7H2,1H3,(H,19,21)(H,23,24). The molecule has 7 nitrogen and oxygen atoms in total. The minimum Gasteiger partial charge on any atom is -0.480 e. The van der Waals surface area contributed by atoms with E-state index in [-0.39, 0.29) is 5.56 Å². The summed E-state index contributed by atoms with van der Waals surface area (Å²) in [5.41, 5.74) is -0.556. The highest BCUT2D eigenvalue weighted by Gasteiger charge is 2.41. The number of rotatable bonds is 3. The van der Waals surface area contributed by atoms with Crippen molar-refractivity contribution in [2.45, 2.75) is 44.6 Å². The number of nitrogens with zero attached hydrogens (tertiary/aromatic N) is 2. The molecule has 1 aliphatic rings. The van der Waals surface area contributed by atoms with Gasteiger partial charge in [0.05, 0.1) is 0 Å². The Hall–Kier alpha value is -2.70. The van der Waals surface area contributed by atoms with E-state index in [0.717, 1.165) is 24.8 Å². The third kappa shape index (κ3) is 2.77. The third-order valence-electron chi connectivity index (χ3n) is 4.58. The predicted molar refractivity (Wildman–Crippen MR) is 87.1 cm³/mol. The first-order valence-corrected chi connectivity index (χ1v) is 7.97. The number of carboxylic acids is 1. The van der Waals surface area contributed by atoms with Crippen LogP contribution in [-0.2, 0) is 4.79 Å². The zero-order chi connectivity index (χ0) is 17.3. The number of aromatic nitrogens is 2. The second-order valence-corrected chi connectivity index (χ2v) is 6.31. The molecule has 0 radical (unpaired) electrons. The lowest BCUT2D eigenvalue weighted by Crippen LogP contribution is -2.56. The third-order valence-corrected chi connectivity index (χ3v) is 4.58. The summed E-state index contributed by atoms with van der Waals surface area (Å²) in [5.74, 6) is -1.74. The molecule has 2 N–H and O–H groups in total. The maximum atomic E-state index is 12.5. The number of fused-ring (bicyclic) bond motifs is 1. The number of carbonyl (C=O) groups is 2. The van der Waals surface area contributed by atoms with Crippen molar-refractivity contribution in [3.05, 3.63) is 46.0 Å². The molecule has 1 fully saturated rings. The average Bonchev–Trinajstić information content (AvgIpc) is 2.55. The minimum atomic E-state index is -1.30. The van der Waals surface area contributed by atoms with Crippen LogP contribution in [-0.4, -0.2) is 31.9 Å². The highest BCUT2D eigenvalue weighted by atomic mass is 16.4. The quantitative estimate of drug-likeness (QED) is 0.889. The first-order valence-electron chi connectivity index (χ1n) is 7.97. The molecule has 3 rings (SSSR count). The van der Waals surface area contributed by atoms with Gasteiger partial charge in [-0.05, 0) is 37.5 Å². The Labute approximate surface area is 138 Å². The fourth-order valence-corrected chi connectivity index (χ4v) is 3.16. The molecule has 2 aromatic heterocycles. The summed E-state index contributed by atoms with van der Waals surface area (Å²) in [4.78, 5) is 40.8. The van der Waals surface area contributed by atoms with E-state index in [1.165, 1.54) is 10.6 Å². The summed E-state index contributed by atoms with van der Waals surface area (Å²) >= 11 is 0. The van der Waals surface area contributed by atoms with Crippen LogP contribution in [0, 0.1) is 6.92 Å². The number of carboxylic acid groups (broad SMARTS) is 1. The molecule has 1 aliphatic carbocycles. The number of amides is 1. The summed E-state index contributed by atoms with van der Waals surface area (Å²) in [7, 11) is 0. The van der Waals surface area contributed by atoms with Crippen LogP contribution in [0.25, 0.3) is 5.65 Å². The van der Waals surface area contributed by atoms with Gasteiger partial charge in [0.15, 0.2) is 0 Å². The van der Waals surface area contributed by atoms with Gasteiger partial charge in [0.2, 0.25) is 0 Å². The monoisotopic (exact) mass is 329 g/mol. The highest BCUT2D eigenvalue weighted by molar-refractivity contribution is 5.97. The van der Waals surface area contributed by atoms with E-state index in [1.54, 1.807) is 18.3 Å². The van der Waals surface area contributed by atoms with Crippen LogP contribution in [0.15, 0.2) is 29.3 Å². The van der Waals surface area contributed by atoms with Gasteiger partial charge in [-0.2, -0.15) is 0 Å². The molecule has 0 bridgehead atoms. The zero-order valence-corrected chi connectivity index (χ0v) is 13.4. The summed E-state index contributed by atoms with van der Waals surface area (Å²) in [6, 6.07) is 3.49. The maximum Gasteiger partial charge on any atom is 0.329 e. The lowest BCUT2D eigenvalue weighted by molar-refractivity contribution is -0.145. The first kappa shape index (κ1) is 16.2. The number of nitrogens with one attached hydrogen (secondary N) is 1. The molecule has 24 heavy (non-hydrogen) atoms. The molecule has 1 amide bonds. The second kappa shape index (κ2) is 6.07. The van der Waals surface area contributed by atoms with E-state index < -0.39 is 23.0 Å². The summed E-state index contributed by atoms with van der Waals surface area (Å²) in [6.07, 6.45) is 5.94. The van der Waals surface area contributed by atoms with Crippen molar-refractivity contribution in [2.24, 2.45) is 0 Å². The van der Waals surface area contributed by atoms with Crippen molar-refractivity contribution in [1.82, 2.24) is 14.7 Å². The van der Waals surface area contributed by atoms with Crippen molar-refractivity contribution < 1.29 is 14.7 Å². The average molecular weight is 329 g/mol. The Kier molecular flexibility index (Phi) is 4.09. The molecule has 1 saturated carbocycles. The fourth-order valence-electron chi connectivity index (χ4n) is 3.16. The zero-order valence-electron chi connectivity index (χ0n) is 13.4. The van der Waals surface area contributed by atoms with E-state index >= 15 is 0 Å². The van der Waals surface area contributed by atoms with Crippen molar-refractivity contribution in [3.8, 4) is 0 Å². The van der Waals surface area contributed by atoms with Gasteiger partial charge in [-0.15, -0.1) is 0 Å². The topological polar surface area (TPSA) is 101 Å². The molecule has 0 spiro atoms. The first-order chi connectivity index (χ1) is 11.4. The van der Waals surface area contributed by atoms with E-state index in [1.807, 2.05) is 6.92 Å². The van der Waals surface area contributed by atoms with E-state index in [9.17, 15) is 19.5 Å². The number of aryl methyl sites for hydroxylation is 1. The van der Waals surface area contributed by atoms with E-state index in [0.29, 0.717) is 18.5 Å². The SMILES string of the molecule is Cc1ccn2c(=O)c(C(=O)NC3(C(=O)O)CCCCC3)cnc2c1. The van der Waals surface area contributed by atoms with Crippen LogP contribution < -0.4 is 10.9 Å². The molecular weight excluding hydrogens is 310 g/mol. The number of carbonyl (C=O) groups excluding carboxylic acids is 1. The van der Waals surface area contributed by atoms with Crippen LogP contribution in [0.2, 0.25) is 0 Å². The molecule has 7 heteroatoms. The molecule has 0 aromatic carbocycles. The molecule has 0 aliphatic heterocycles. The van der Waals surface area contributed by atoms with Gasteiger partial charge in [-0.25, -0.2) is 9.78 Å². The number of pyridine rings is 1. The Balaban J connectivity index is 1.96. The molecule has 0 saturated heterocycles. The molecule has 0 unspecified atom stereocenters. The van der Waals surface area contributed by atoms with Gasteiger partial charge < -0.3 is 10.4 Å². The van der Waals surface area contributed by atoms with Crippen LogP contribution in [0.4, 0.5) is 0 Å². The van der Waals surface area contributed by atoms with E-state index in [2.05, 4.69) is 10.3 Å². The van der Waals surface area contributed by atoms with Crippen molar-refractivity contribution in [2.75, 3.05) is 0 Å². The van der Waals surface area contributed by atoms with Gasteiger partial charge in [0.25, 0.3) is 11.5 Å². The second-order valence-electron chi connectivity index (χ2n) is 6.31. The van der Waals surface area contributed by atoms with Crippen molar-refractivity contribution in [3.63, 3.8) is 0 Å². The number of aliphatic carboxylic acids is 1. The Morgan fingerprint density at radius 2 is 2.00 bits per heavy atom. The lowest BCUT2D eigenvalue weighted by atomic mass is 9.81.